The van der Waals surface area contributed by atoms with Crippen LogP contribution >= 0.6 is 0 Å². The van der Waals surface area contributed by atoms with Crippen molar-refractivity contribution in [2.24, 2.45) is 0 Å². The van der Waals surface area contributed by atoms with E-state index in [2.05, 4.69) is 0 Å². The molecule has 1 atom stereocenters. The van der Waals surface area contributed by atoms with E-state index in [0.717, 1.165) is 0 Å². The lowest BCUT2D eigenvalue weighted by atomic mass is 10.2. The summed E-state index contributed by atoms with van der Waals surface area (Å²) in [6, 6.07) is 2.64. The highest BCUT2D eigenvalue weighted by atomic mass is 19.1. The number of ether oxygens (including phenoxy) is 1. The molecule has 0 aliphatic carbocycles. The molecule has 0 aromatic heterocycles. The molecule has 16 heavy (non-hydrogen) atoms. The van der Waals surface area contributed by atoms with Gasteiger partial charge in [0.25, 0.3) is 0 Å². The summed E-state index contributed by atoms with van der Waals surface area (Å²) in [4.78, 5) is 1.78. The van der Waals surface area contributed by atoms with Crippen molar-refractivity contribution in [3.63, 3.8) is 0 Å². The molecule has 0 saturated carbocycles. The maximum absolute atomic E-state index is 13.3. The highest BCUT2D eigenvalue weighted by molar-refractivity contribution is 5.70. The zero-order chi connectivity index (χ0) is 12.3. The van der Waals surface area contributed by atoms with Gasteiger partial charge in [-0.05, 0) is 6.92 Å². The molecule has 4 nitrogen and oxygen atoms in total. The fourth-order valence-corrected chi connectivity index (χ4v) is 1.38. The van der Waals surface area contributed by atoms with Gasteiger partial charge in [-0.2, -0.15) is 0 Å². The molecule has 3 N–H and O–H groups in total. The predicted molar refractivity (Wildman–Crippen MR) is 62.3 cm³/mol. The largest absolute Gasteiger partial charge is 0.494 e. The topological polar surface area (TPSA) is 58.7 Å². The zero-order valence-corrected chi connectivity index (χ0v) is 9.70. The second-order valence-electron chi connectivity index (χ2n) is 3.69. The number of halogens is 1. The summed E-state index contributed by atoms with van der Waals surface area (Å²) in [7, 11) is 3.18. The highest BCUT2D eigenvalue weighted by Gasteiger charge is 2.15. The first kappa shape index (κ1) is 12.6. The first-order valence-electron chi connectivity index (χ1n) is 4.98. The lowest BCUT2D eigenvalue weighted by Crippen LogP contribution is -2.32. The monoisotopic (exact) mass is 228 g/mol. The number of hydrogen-bond acceptors (Lipinski definition) is 4. The SMILES string of the molecule is COc1cc(N(C)C(C)CO)c(N)cc1F. The Balaban J connectivity index is 3.13. The molecule has 90 valence electrons. The summed E-state index contributed by atoms with van der Waals surface area (Å²) in [5, 5.41) is 9.05. The van der Waals surface area contributed by atoms with E-state index in [1.165, 1.54) is 19.2 Å². The van der Waals surface area contributed by atoms with E-state index in [1.807, 2.05) is 6.92 Å². The molecule has 0 aliphatic rings. The molecular weight excluding hydrogens is 211 g/mol. The molecule has 0 heterocycles. The predicted octanol–water partition coefficient (Wildman–Crippen LogP) is 1.23. The highest BCUT2D eigenvalue weighted by Crippen LogP contribution is 2.31. The van der Waals surface area contributed by atoms with E-state index in [0.29, 0.717) is 11.4 Å². The quantitative estimate of drug-likeness (QED) is 0.761. The van der Waals surface area contributed by atoms with Crippen LogP contribution in [0.4, 0.5) is 15.8 Å². The second-order valence-corrected chi connectivity index (χ2v) is 3.69. The van der Waals surface area contributed by atoms with E-state index >= 15 is 0 Å². The minimum atomic E-state index is -0.492. The van der Waals surface area contributed by atoms with Crippen molar-refractivity contribution in [2.45, 2.75) is 13.0 Å². The van der Waals surface area contributed by atoms with Gasteiger partial charge in [0.1, 0.15) is 0 Å². The lowest BCUT2D eigenvalue weighted by molar-refractivity contribution is 0.270. The van der Waals surface area contributed by atoms with Crippen LogP contribution in [-0.2, 0) is 0 Å². The first-order chi connectivity index (χ1) is 7.51. The minimum Gasteiger partial charge on any atom is -0.494 e. The number of nitrogen functional groups attached to an aromatic ring is 1. The molecule has 1 unspecified atom stereocenters. The van der Waals surface area contributed by atoms with Gasteiger partial charge in [0.2, 0.25) is 0 Å². The first-order valence-corrected chi connectivity index (χ1v) is 4.98. The van der Waals surface area contributed by atoms with Crippen molar-refractivity contribution in [3.8, 4) is 5.75 Å². The van der Waals surface area contributed by atoms with Gasteiger partial charge in [-0.1, -0.05) is 0 Å². The Morgan fingerprint density at radius 3 is 2.69 bits per heavy atom. The molecule has 0 amide bonds. The van der Waals surface area contributed by atoms with E-state index in [4.69, 9.17) is 15.6 Å². The van der Waals surface area contributed by atoms with Crippen LogP contribution in [-0.4, -0.2) is 31.9 Å². The van der Waals surface area contributed by atoms with Crippen molar-refractivity contribution in [1.82, 2.24) is 0 Å². The fraction of sp³-hybridized carbons (Fsp3) is 0.455. The Morgan fingerprint density at radius 2 is 2.19 bits per heavy atom. The number of aliphatic hydroxyl groups excluding tert-OH is 1. The fourth-order valence-electron chi connectivity index (χ4n) is 1.38. The number of rotatable bonds is 4. The minimum absolute atomic E-state index is 0.00433. The van der Waals surface area contributed by atoms with Gasteiger partial charge in [0.05, 0.1) is 25.1 Å². The van der Waals surface area contributed by atoms with Crippen molar-refractivity contribution in [3.05, 3.63) is 17.9 Å². The Hall–Kier alpha value is -1.49. The van der Waals surface area contributed by atoms with Crippen LogP contribution < -0.4 is 15.4 Å². The van der Waals surface area contributed by atoms with Crippen LogP contribution in [0.2, 0.25) is 0 Å². The number of hydrogen-bond donors (Lipinski definition) is 2. The Labute approximate surface area is 94.4 Å². The summed E-state index contributed by atoms with van der Waals surface area (Å²) in [5.74, 6) is -0.352. The molecule has 1 rings (SSSR count). The third-order valence-corrected chi connectivity index (χ3v) is 2.61. The third kappa shape index (κ3) is 2.36. The van der Waals surface area contributed by atoms with Crippen molar-refractivity contribution < 1.29 is 14.2 Å². The number of benzene rings is 1. The normalized spacial score (nSPS) is 12.3. The van der Waals surface area contributed by atoms with Crippen LogP contribution in [0.3, 0.4) is 0 Å². The van der Waals surface area contributed by atoms with E-state index in [9.17, 15) is 4.39 Å². The number of likely N-dealkylation sites (N-methyl/N-ethyl adjacent to an activating group) is 1. The standard InChI is InChI=1S/C11H17FN2O2/c1-7(6-15)14(2)10-5-11(16-3)8(12)4-9(10)13/h4-5,7,15H,6,13H2,1-3H3. The maximum Gasteiger partial charge on any atom is 0.167 e. The van der Waals surface area contributed by atoms with Crippen molar-refractivity contribution >= 4 is 11.4 Å². The average molecular weight is 228 g/mol. The summed E-state index contributed by atoms with van der Waals surface area (Å²) in [6.07, 6.45) is 0. The summed E-state index contributed by atoms with van der Waals surface area (Å²) < 4.78 is 18.2. The second kappa shape index (κ2) is 5.03. The van der Waals surface area contributed by atoms with Gasteiger partial charge >= 0.3 is 0 Å². The Morgan fingerprint density at radius 1 is 1.56 bits per heavy atom. The number of aliphatic hydroxyl groups is 1. The van der Waals surface area contributed by atoms with Gasteiger partial charge in [-0.15, -0.1) is 0 Å². The lowest BCUT2D eigenvalue weighted by Gasteiger charge is -2.27. The van der Waals surface area contributed by atoms with E-state index < -0.39 is 5.82 Å². The molecule has 0 fully saturated rings. The molecule has 0 saturated heterocycles. The molecule has 1 aromatic rings. The molecule has 5 heteroatoms. The van der Waals surface area contributed by atoms with Crippen LogP contribution in [0.25, 0.3) is 0 Å². The number of anilines is 2. The van der Waals surface area contributed by atoms with E-state index in [-0.39, 0.29) is 18.4 Å². The van der Waals surface area contributed by atoms with Crippen molar-refractivity contribution in [2.75, 3.05) is 31.4 Å². The maximum atomic E-state index is 13.3. The summed E-state index contributed by atoms with van der Waals surface area (Å²) >= 11 is 0. The summed E-state index contributed by atoms with van der Waals surface area (Å²) in [5.41, 5.74) is 6.68. The smallest absolute Gasteiger partial charge is 0.167 e. The average Bonchev–Trinajstić information content (AvgIpc) is 2.27. The third-order valence-electron chi connectivity index (χ3n) is 2.61. The van der Waals surface area contributed by atoms with Crippen LogP contribution in [0.15, 0.2) is 12.1 Å². The molecule has 0 spiro atoms. The Bertz CT molecular complexity index is 371. The van der Waals surface area contributed by atoms with Gasteiger partial charge in [0, 0.05) is 25.2 Å². The number of methoxy groups -OCH3 is 1. The Kier molecular flexibility index (Phi) is 3.95. The van der Waals surface area contributed by atoms with Crippen LogP contribution in [0.1, 0.15) is 6.92 Å². The van der Waals surface area contributed by atoms with Crippen molar-refractivity contribution in [1.29, 1.82) is 0 Å². The van der Waals surface area contributed by atoms with Gasteiger partial charge in [-0.25, -0.2) is 4.39 Å². The zero-order valence-electron chi connectivity index (χ0n) is 9.70. The molecule has 0 bridgehead atoms. The van der Waals surface area contributed by atoms with E-state index in [1.54, 1.807) is 11.9 Å². The molecule has 0 radical (unpaired) electrons. The molecule has 1 aromatic carbocycles. The van der Waals surface area contributed by atoms with Crippen LogP contribution in [0, 0.1) is 5.82 Å². The number of nitrogens with zero attached hydrogens (tertiary/aromatic N) is 1. The van der Waals surface area contributed by atoms with Gasteiger partial charge < -0.3 is 20.5 Å². The summed E-state index contributed by atoms with van der Waals surface area (Å²) in [6.45, 7) is 1.84. The van der Waals surface area contributed by atoms with Crippen LogP contribution in [0.5, 0.6) is 5.75 Å². The van der Waals surface area contributed by atoms with Gasteiger partial charge in [0.15, 0.2) is 11.6 Å². The number of nitrogens with two attached hydrogens (primary N) is 1. The molecular formula is C11H17FN2O2. The molecule has 0 aliphatic heterocycles. The van der Waals surface area contributed by atoms with Gasteiger partial charge in [-0.3, -0.25) is 0 Å².